The van der Waals surface area contributed by atoms with E-state index >= 15 is 0 Å². The molecule has 3 saturated heterocycles. The van der Waals surface area contributed by atoms with E-state index in [2.05, 4.69) is 61.4 Å². The van der Waals surface area contributed by atoms with E-state index in [-0.39, 0.29) is 62.9 Å². The lowest BCUT2D eigenvalue weighted by atomic mass is 9.80. The second kappa shape index (κ2) is 19.8. The molecule has 16 nitrogen and oxygen atoms in total. The maximum absolute atomic E-state index is 14.8. The third-order valence-corrected chi connectivity index (χ3v) is 15.3. The van der Waals surface area contributed by atoms with Gasteiger partial charge in [-0.15, -0.1) is 0 Å². The minimum atomic E-state index is -3.71. The van der Waals surface area contributed by atoms with Crippen LogP contribution >= 0.6 is 0 Å². The standard InChI is InChI=1S/C51H67N7O9S/c1-11-37(43(52-12-2)32(7)66-10)45-39-27-50(8,9)30-67-48(62)40-16-15-20-58(54-40)47(61)41(24-33-22-35(25-36(59)23-33)34-17-18-42(38(39)26-34)56(45)13-3)53-46(60)44(31(5)6)57-21-19-51(49(57)63)28-55(29-51)68(64,65)14-4/h11-12,14,17-18,22-23,25-26,31-32,40-41,44,54,59H,1,4,13,15-16,19-21,24,27-30H2,2-3,5-10H3,(H,53,60)/b43-37+,52-12?/t32-,40-,41-,44-/m0/s1. The van der Waals surface area contributed by atoms with Gasteiger partial charge in [0, 0.05) is 79.8 Å². The van der Waals surface area contributed by atoms with Crippen molar-refractivity contribution in [3.63, 3.8) is 0 Å². The van der Waals surface area contributed by atoms with E-state index in [0.717, 1.165) is 38.7 Å². The SMILES string of the molecule is C=C/C(=C(\N=CC)[C@H](C)OC)c1c2c3cc(ccc3n1CC)-c1cc(O)cc(c1)C[C@H](NC(=O)[C@H](C(C)C)N1CCC3(CN(S(=O)(=O)C=C)C3)C1=O)C(=O)N1CCC[C@H](N1)C(=O)OCC(C)(C)C2. The molecular formula is C51H67N7O9S. The third kappa shape index (κ3) is 9.67. The topological polar surface area (TPSA) is 192 Å². The van der Waals surface area contributed by atoms with Crippen molar-refractivity contribution >= 4 is 56.4 Å². The Kier molecular flexibility index (Phi) is 14.6. The molecule has 0 saturated carbocycles. The molecule has 0 unspecified atom stereocenters. The number of hydrogen-bond acceptors (Lipinski definition) is 11. The van der Waals surface area contributed by atoms with E-state index in [1.807, 2.05) is 45.9 Å². The van der Waals surface area contributed by atoms with Gasteiger partial charge in [-0.1, -0.05) is 59.1 Å². The number of hydrogen-bond donors (Lipinski definition) is 3. The van der Waals surface area contributed by atoms with E-state index < -0.39 is 56.8 Å². The molecule has 0 aliphatic carbocycles. The number of rotatable bonds is 12. The van der Waals surface area contributed by atoms with Gasteiger partial charge in [0.05, 0.1) is 29.5 Å². The number of phenols is 1. The van der Waals surface area contributed by atoms with Crippen LogP contribution in [0.1, 0.15) is 84.5 Å². The van der Waals surface area contributed by atoms with Crippen LogP contribution in [0.2, 0.25) is 0 Å². The van der Waals surface area contributed by atoms with Crippen LogP contribution < -0.4 is 10.7 Å². The van der Waals surface area contributed by atoms with Gasteiger partial charge in [-0.05, 0) is 98.9 Å². The lowest BCUT2D eigenvalue weighted by Crippen LogP contribution is -2.64. The largest absolute Gasteiger partial charge is 0.508 e. The minimum Gasteiger partial charge on any atom is -0.508 e. The van der Waals surface area contributed by atoms with Crippen molar-refractivity contribution in [2.45, 2.75) is 111 Å². The molecule has 3 aromatic rings. The number of likely N-dealkylation sites (tertiary alicyclic amines) is 1. The summed E-state index contributed by atoms with van der Waals surface area (Å²) in [4.78, 5) is 63.7. The van der Waals surface area contributed by atoms with Gasteiger partial charge >= 0.3 is 5.97 Å². The zero-order valence-electron chi connectivity index (χ0n) is 40.6. The molecule has 4 aliphatic rings. The minimum absolute atomic E-state index is 0.00117. The molecule has 3 fully saturated rings. The predicted octanol–water partition coefficient (Wildman–Crippen LogP) is 5.74. The molecule has 6 bridgehead atoms. The molecule has 3 amide bonds. The Labute approximate surface area is 400 Å². The van der Waals surface area contributed by atoms with E-state index in [0.29, 0.717) is 49.1 Å². The average Bonchev–Trinajstić information content (AvgIpc) is 3.79. The van der Waals surface area contributed by atoms with Crippen LogP contribution in [-0.2, 0) is 58.1 Å². The molecule has 2 aromatic carbocycles. The van der Waals surface area contributed by atoms with Gasteiger partial charge < -0.3 is 29.4 Å². The highest BCUT2D eigenvalue weighted by atomic mass is 32.2. The number of aliphatic imine (C=N–C) groups is 1. The number of hydrazine groups is 1. The Hall–Kier alpha value is -5.62. The summed E-state index contributed by atoms with van der Waals surface area (Å²) in [5.74, 6) is -2.29. The number of aromatic hydroxyl groups is 1. The maximum atomic E-state index is 14.8. The maximum Gasteiger partial charge on any atom is 0.324 e. The first-order valence-electron chi connectivity index (χ1n) is 23.6. The number of sulfonamides is 1. The van der Waals surface area contributed by atoms with E-state index in [9.17, 15) is 32.7 Å². The van der Waals surface area contributed by atoms with E-state index in [4.69, 9.17) is 14.5 Å². The number of carbonyl (C=O) groups is 4. The number of carbonyl (C=O) groups excluding carboxylic acids is 4. The van der Waals surface area contributed by atoms with Crippen molar-refractivity contribution in [3.8, 4) is 16.9 Å². The molecule has 4 atom stereocenters. The molecule has 1 aromatic heterocycles. The normalized spacial score (nSPS) is 22.5. The number of allylic oxidation sites excluding steroid dienone is 2. The number of aryl methyl sites for hydroxylation is 1. The summed E-state index contributed by atoms with van der Waals surface area (Å²) in [5, 5.41) is 17.5. The molecule has 3 N–H and O–H groups in total. The molecule has 5 heterocycles. The van der Waals surface area contributed by atoms with Crippen LogP contribution in [0.15, 0.2) is 71.7 Å². The van der Waals surface area contributed by atoms with E-state index in [1.165, 1.54) is 14.2 Å². The lowest BCUT2D eigenvalue weighted by Gasteiger charge is -2.45. The highest BCUT2D eigenvalue weighted by Crippen LogP contribution is 2.44. The molecule has 7 rings (SSSR count). The van der Waals surface area contributed by atoms with Crippen LogP contribution in [0.25, 0.3) is 27.6 Å². The first kappa shape index (κ1) is 50.3. The second-order valence-corrected chi connectivity index (χ2v) is 21.6. The van der Waals surface area contributed by atoms with Crippen molar-refractivity contribution in [2.24, 2.45) is 21.7 Å². The number of nitrogens with zero attached hydrogens (tertiary/aromatic N) is 5. The molecule has 17 heteroatoms. The number of benzene rings is 2. The average molecular weight is 954 g/mol. The Morgan fingerprint density at radius 3 is 2.47 bits per heavy atom. The van der Waals surface area contributed by atoms with Gasteiger partial charge in [-0.2, -0.15) is 4.31 Å². The van der Waals surface area contributed by atoms with Gasteiger partial charge in [0.1, 0.15) is 23.9 Å². The van der Waals surface area contributed by atoms with Gasteiger partial charge in [0.2, 0.25) is 21.8 Å². The Balaban J connectivity index is 1.32. The quantitative estimate of drug-likeness (QED) is 0.115. The first-order valence-corrected chi connectivity index (χ1v) is 25.1. The number of nitrogens with one attached hydrogen (secondary N) is 2. The Morgan fingerprint density at radius 1 is 1.09 bits per heavy atom. The van der Waals surface area contributed by atoms with Gasteiger partial charge in [-0.3, -0.25) is 29.2 Å². The zero-order valence-corrected chi connectivity index (χ0v) is 41.4. The first-order chi connectivity index (χ1) is 32.2. The monoisotopic (exact) mass is 953 g/mol. The van der Waals surface area contributed by atoms with Crippen molar-refractivity contribution in [1.29, 1.82) is 0 Å². The fraction of sp³-hybridized carbons (Fsp3) is 0.510. The summed E-state index contributed by atoms with van der Waals surface area (Å²) in [6, 6.07) is 8.26. The fourth-order valence-electron chi connectivity index (χ4n) is 10.4. The number of cyclic esters (lactones) is 1. The van der Waals surface area contributed by atoms with Crippen molar-refractivity contribution in [2.75, 3.05) is 39.9 Å². The number of phenolic OH excluding ortho intramolecular Hbond substituents is 1. The molecule has 68 heavy (non-hydrogen) atoms. The van der Waals surface area contributed by atoms with Crippen molar-refractivity contribution in [3.05, 3.63) is 83.6 Å². The van der Waals surface area contributed by atoms with E-state index in [1.54, 1.807) is 25.5 Å². The molecular weight excluding hydrogens is 887 g/mol. The predicted molar refractivity (Wildman–Crippen MR) is 262 cm³/mol. The number of ether oxygens (including phenoxy) is 2. The number of aromatic nitrogens is 1. The highest BCUT2D eigenvalue weighted by Gasteiger charge is 2.59. The summed E-state index contributed by atoms with van der Waals surface area (Å²) in [6.07, 6.45) is 4.92. The summed E-state index contributed by atoms with van der Waals surface area (Å²) < 4.78 is 40.3. The van der Waals surface area contributed by atoms with Gasteiger partial charge in [0.25, 0.3) is 5.91 Å². The van der Waals surface area contributed by atoms with Gasteiger partial charge in [0.15, 0.2) is 0 Å². The molecule has 0 radical (unpaired) electrons. The second-order valence-electron chi connectivity index (χ2n) is 19.7. The summed E-state index contributed by atoms with van der Waals surface area (Å²) in [7, 11) is -2.07. The van der Waals surface area contributed by atoms with Crippen molar-refractivity contribution < 1.29 is 42.2 Å². The zero-order chi connectivity index (χ0) is 49.5. The van der Waals surface area contributed by atoms with Gasteiger partial charge in [-0.25, -0.2) is 13.8 Å². The Morgan fingerprint density at radius 2 is 1.82 bits per heavy atom. The smallest absolute Gasteiger partial charge is 0.324 e. The number of amides is 3. The van der Waals surface area contributed by atoms with Crippen LogP contribution in [-0.4, -0.2) is 126 Å². The summed E-state index contributed by atoms with van der Waals surface area (Å²) in [5.41, 5.74) is 8.03. The van der Waals surface area contributed by atoms with Crippen molar-refractivity contribution in [1.82, 2.24) is 29.5 Å². The lowest BCUT2D eigenvalue weighted by molar-refractivity contribution is -0.155. The number of fused-ring (bicyclic) bond motifs is 6. The number of esters is 1. The molecule has 1 spiro atoms. The third-order valence-electron chi connectivity index (χ3n) is 13.9. The van der Waals surface area contributed by atoms with Crippen LogP contribution in [0.4, 0.5) is 0 Å². The fourth-order valence-corrected chi connectivity index (χ4v) is 11.4. The highest BCUT2D eigenvalue weighted by molar-refractivity contribution is 7.92. The number of methoxy groups -OCH3 is 1. The Bertz CT molecular complexity index is 2680. The van der Waals surface area contributed by atoms with Crippen LogP contribution in [0.5, 0.6) is 5.75 Å². The molecule has 4 aliphatic heterocycles. The van der Waals surface area contributed by atoms with Crippen LogP contribution in [0, 0.1) is 16.7 Å². The van der Waals surface area contributed by atoms with Crippen LogP contribution in [0.3, 0.4) is 0 Å². The molecule has 366 valence electrons. The summed E-state index contributed by atoms with van der Waals surface area (Å²) in [6.45, 7) is 22.5. The summed E-state index contributed by atoms with van der Waals surface area (Å²) >= 11 is 0.